The number of carbonyl (C=O) groups excluding carboxylic acids is 1. The fraction of sp³-hybridized carbons (Fsp3) is 0.300. The average Bonchev–Trinajstić information content (AvgIpc) is 2.16. The van der Waals surface area contributed by atoms with E-state index in [1.54, 1.807) is 11.4 Å². The van der Waals surface area contributed by atoms with Crippen LogP contribution in [0.5, 0.6) is 0 Å². The molecule has 1 unspecified atom stereocenters. The van der Waals surface area contributed by atoms with Crippen molar-refractivity contribution in [1.82, 2.24) is 0 Å². The molecule has 1 aromatic rings. The van der Waals surface area contributed by atoms with Gasteiger partial charge in [0.05, 0.1) is 6.10 Å². The van der Waals surface area contributed by atoms with Gasteiger partial charge in [0.2, 0.25) is 0 Å². The molecule has 0 radical (unpaired) electrons. The Balaban J connectivity index is 2.94. The SMILES string of the molecule is CC(O)c1ccccc1NC(=O)C(F)(F)F. The molecule has 0 saturated heterocycles. The van der Waals surface area contributed by atoms with E-state index in [4.69, 9.17) is 0 Å². The summed E-state index contributed by atoms with van der Waals surface area (Å²) in [4.78, 5) is 10.7. The van der Waals surface area contributed by atoms with Crippen molar-refractivity contribution < 1.29 is 23.1 Å². The van der Waals surface area contributed by atoms with Gasteiger partial charge in [-0.05, 0) is 13.0 Å². The number of hydrogen-bond acceptors (Lipinski definition) is 2. The van der Waals surface area contributed by atoms with Crippen molar-refractivity contribution in [2.24, 2.45) is 0 Å². The van der Waals surface area contributed by atoms with Gasteiger partial charge in [-0.25, -0.2) is 0 Å². The maximum Gasteiger partial charge on any atom is 0.471 e. The molecule has 6 heteroatoms. The maximum atomic E-state index is 12.0. The van der Waals surface area contributed by atoms with Crippen LogP contribution in [-0.4, -0.2) is 17.2 Å². The molecule has 0 spiro atoms. The predicted molar refractivity (Wildman–Crippen MR) is 51.8 cm³/mol. The van der Waals surface area contributed by atoms with Crippen LogP contribution in [0, 0.1) is 0 Å². The molecule has 1 aromatic carbocycles. The zero-order chi connectivity index (χ0) is 12.3. The quantitative estimate of drug-likeness (QED) is 0.823. The molecule has 0 aromatic heterocycles. The van der Waals surface area contributed by atoms with Gasteiger partial charge < -0.3 is 10.4 Å². The van der Waals surface area contributed by atoms with Gasteiger partial charge in [-0.15, -0.1) is 0 Å². The lowest BCUT2D eigenvalue weighted by atomic mass is 10.1. The predicted octanol–water partition coefficient (Wildman–Crippen LogP) is 2.24. The van der Waals surface area contributed by atoms with Gasteiger partial charge in [-0.1, -0.05) is 18.2 Å². The lowest BCUT2D eigenvalue weighted by molar-refractivity contribution is -0.167. The molecule has 2 N–H and O–H groups in total. The Hall–Kier alpha value is -1.56. The molecule has 3 nitrogen and oxygen atoms in total. The molecule has 0 bridgehead atoms. The average molecular weight is 233 g/mol. The molecule has 1 amide bonds. The van der Waals surface area contributed by atoms with Gasteiger partial charge in [0.25, 0.3) is 0 Å². The molecular weight excluding hydrogens is 223 g/mol. The number of para-hydroxylation sites is 1. The molecule has 0 fully saturated rings. The summed E-state index contributed by atoms with van der Waals surface area (Å²) in [5.41, 5.74) is 0.194. The highest BCUT2D eigenvalue weighted by molar-refractivity contribution is 5.95. The van der Waals surface area contributed by atoms with Crippen molar-refractivity contribution in [2.45, 2.75) is 19.2 Å². The number of hydrogen-bond donors (Lipinski definition) is 2. The van der Waals surface area contributed by atoms with Crippen molar-refractivity contribution in [3.8, 4) is 0 Å². The van der Waals surface area contributed by atoms with E-state index in [1.807, 2.05) is 0 Å². The van der Waals surface area contributed by atoms with Crippen LogP contribution in [0.25, 0.3) is 0 Å². The molecule has 1 rings (SSSR count). The number of aliphatic hydroxyl groups is 1. The van der Waals surface area contributed by atoms with Crippen LogP contribution in [0.2, 0.25) is 0 Å². The number of nitrogens with one attached hydrogen (secondary N) is 1. The number of alkyl halides is 3. The van der Waals surface area contributed by atoms with Gasteiger partial charge in [0.1, 0.15) is 0 Å². The lowest BCUT2D eigenvalue weighted by Crippen LogP contribution is -2.30. The van der Waals surface area contributed by atoms with E-state index >= 15 is 0 Å². The number of carbonyl (C=O) groups is 1. The first-order valence-corrected chi connectivity index (χ1v) is 4.47. The Kier molecular flexibility index (Phi) is 3.54. The topological polar surface area (TPSA) is 49.3 Å². The molecule has 0 aliphatic rings. The van der Waals surface area contributed by atoms with Crippen LogP contribution in [0.1, 0.15) is 18.6 Å². The molecule has 0 heterocycles. The summed E-state index contributed by atoms with van der Waals surface area (Å²) >= 11 is 0. The van der Waals surface area contributed by atoms with E-state index < -0.39 is 18.2 Å². The van der Waals surface area contributed by atoms with Crippen LogP contribution >= 0.6 is 0 Å². The minimum atomic E-state index is -4.94. The van der Waals surface area contributed by atoms with E-state index in [1.165, 1.54) is 25.1 Å². The first kappa shape index (κ1) is 12.5. The van der Waals surface area contributed by atoms with Crippen molar-refractivity contribution >= 4 is 11.6 Å². The fourth-order valence-electron chi connectivity index (χ4n) is 1.17. The third-order valence-electron chi connectivity index (χ3n) is 1.92. The molecule has 1 atom stereocenters. The van der Waals surface area contributed by atoms with Crippen molar-refractivity contribution in [3.05, 3.63) is 29.8 Å². The van der Waals surface area contributed by atoms with E-state index in [-0.39, 0.29) is 11.3 Å². The van der Waals surface area contributed by atoms with Crippen LogP contribution < -0.4 is 5.32 Å². The number of aliphatic hydroxyl groups excluding tert-OH is 1. The summed E-state index contributed by atoms with van der Waals surface area (Å²) in [5.74, 6) is -2.05. The third kappa shape index (κ3) is 2.96. The second-order valence-electron chi connectivity index (χ2n) is 3.22. The smallest absolute Gasteiger partial charge is 0.389 e. The van der Waals surface area contributed by atoms with Crippen LogP contribution in [0.3, 0.4) is 0 Å². The van der Waals surface area contributed by atoms with E-state index in [0.717, 1.165) is 0 Å². The molecule has 0 saturated carbocycles. The lowest BCUT2D eigenvalue weighted by Gasteiger charge is -2.13. The third-order valence-corrected chi connectivity index (χ3v) is 1.92. The monoisotopic (exact) mass is 233 g/mol. The zero-order valence-corrected chi connectivity index (χ0v) is 8.38. The van der Waals surface area contributed by atoms with Crippen molar-refractivity contribution in [3.63, 3.8) is 0 Å². The second kappa shape index (κ2) is 4.52. The summed E-state index contributed by atoms with van der Waals surface area (Å²) in [7, 11) is 0. The summed E-state index contributed by atoms with van der Waals surface area (Å²) < 4.78 is 36.0. The van der Waals surface area contributed by atoms with E-state index in [2.05, 4.69) is 0 Å². The van der Waals surface area contributed by atoms with Crippen molar-refractivity contribution in [1.29, 1.82) is 0 Å². The normalized spacial score (nSPS) is 13.3. The van der Waals surface area contributed by atoms with Crippen molar-refractivity contribution in [2.75, 3.05) is 5.32 Å². The standard InChI is InChI=1S/C10H10F3NO2/c1-6(15)7-4-2-3-5-8(7)14-9(16)10(11,12)13/h2-6,15H,1H3,(H,14,16). The first-order valence-electron chi connectivity index (χ1n) is 4.47. The van der Waals surface area contributed by atoms with Gasteiger partial charge in [-0.2, -0.15) is 13.2 Å². The highest BCUT2D eigenvalue weighted by Crippen LogP contribution is 2.24. The Morgan fingerprint density at radius 3 is 2.44 bits per heavy atom. The van der Waals surface area contributed by atoms with Gasteiger partial charge in [0.15, 0.2) is 0 Å². The Labute approximate surface area is 89.9 Å². The summed E-state index contributed by atoms with van der Waals surface area (Å²) in [6.45, 7) is 1.40. The fourth-order valence-corrected chi connectivity index (χ4v) is 1.17. The van der Waals surface area contributed by atoms with Gasteiger partial charge in [-0.3, -0.25) is 4.79 Å². The number of benzene rings is 1. The Morgan fingerprint density at radius 1 is 1.38 bits per heavy atom. The number of anilines is 1. The summed E-state index contributed by atoms with van der Waals surface area (Å²) in [6.07, 6.45) is -5.89. The molecule has 0 aliphatic heterocycles. The zero-order valence-electron chi connectivity index (χ0n) is 8.38. The molecule has 88 valence electrons. The van der Waals surface area contributed by atoms with Crippen LogP contribution in [0.4, 0.5) is 18.9 Å². The Bertz CT molecular complexity index is 388. The minimum absolute atomic E-state index is 0.0418. The minimum Gasteiger partial charge on any atom is -0.389 e. The van der Waals surface area contributed by atoms with Gasteiger partial charge >= 0.3 is 12.1 Å². The highest BCUT2D eigenvalue weighted by Gasteiger charge is 2.38. The summed E-state index contributed by atoms with van der Waals surface area (Å²) in [5, 5.41) is 11.0. The molecular formula is C10H10F3NO2. The van der Waals surface area contributed by atoms with Crippen LogP contribution in [-0.2, 0) is 4.79 Å². The van der Waals surface area contributed by atoms with Crippen LogP contribution in [0.15, 0.2) is 24.3 Å². The highest BCUT2D eigenvalue weighted by atomic mass is 19.4. The van der Waals surface area contributed by atoms with E-state index in [0.29, 0.717) is 0 Å². The molecule has 0 aliphatic carbocycles. The van der Waals surface area contributed by atoms with E-state index in [9.17, 15) is 23.1 Å². The molecule has 16 heavy (non-hydrogen) atoms. The number of amides is 1. The Morgan fingerprint density at radius 2 is 1.94 bits per heavy atom. The van der Waals surface area contributed by atoms with Gasteiger partial charge in [0, 0.05) is 11.3 Å². The summed E-state index contributed by atoms with van der Waals surface area (Å²) in [6, 6.07) is 5.77. The first-order chi connectivity index (χ1) is 7.32. The second-order valence-corrected chi connectivity index (χ2v) is 3.22. The largest absolute Gasteiger partial charge is 0.471 e. The number of rotatable bonds is 2. The number of halogens is 3. The maximum absolute atomic E-state index is 12.0.